The van der Waals surface area contributed by atoms with Gasteiger partial charge < -0.3 is 10.1 Å². The highest BCUT2D eigenvalue weighted by atomic mass is 79.9. The SMILES string of the molecule is COc1ccc(Br)cc1/C=C1\SC(=O)N(CC(=O)Nc2cccc(C(F)(F)F)c2)C1=O. The molecule has 1 heterocycles. The third-order valence-electron chi connectivity index (χ3n) is 4.13. The summed E-state index contributed by atoms with van der Waals surface area (Å²) in [4.78, 5) is 37.9. The van der Waals surface area contributed by atoms with E-state index in [2.05, 4.69) is 21.2 Å². The van der Waals surface area contributed by atoms with Gasteiger partial charge in [-0.1, -0.05) is 22.0 Å². The van der Waals surface area contributed by atoms with Crippen molar-refractivity contribution in [1.82, 2.24) is 4.90 Å². The first-order chi connectivity index (χ1) is 14.6. The second-order valence-electron chi connectivity index (χ2n) is 6.28. The van der Waals surface area contributed by atoms with E-state index in [9.17, 15) is 27.6 Å². The van der Waals surface area contributed by atoms with E-state index in [1.54, 1.807) is 18.2 Å². The van der Waals surface area contributed by atoms with E-state index in [0.717, 1.165) is 27.6 Å². The number of thioether (sulfide) groups is 1. The Labute approximate surface area is 187 Å². The van der Waals surface area contributed by atoms with Crippen LogP contribution in [0, 0.1) is 0 Å². The minimum absolute atomic E-state index is 0.0910. The highest BCUT2D eigenvalue weighted by Gasteiger charge is 2.36. The van der Waals surface area contributed by atoms with Gasteiger partial charge in [0.05, 0.1) is 17.6 Å². The molecule has 0 bridgehead atoms. The minimum Gasteiger partial charge on any atom is -0.496 e. The molecule has 1 aliphatic rings. The lowest BCUT2D eigenvalue weighted by Gasteiger charge is -2.13. The summed E-state index contributed by atoms with van der Waals surface area (Å²) in [6.45, 7) is -0.631. The summed E-state index contributed by atoms with van der Waals surface area (Å²) in [6.07, 6.45) is -3.09. The Hall–Kier alpha value is -2.79. The maximum atomic E-state index is 12.8. The molecule has 1 N–H and O–H groups in total. The molecule has 1 saturated heterocycles. The fraction of sp³-hybridized carbons (Fsp3) is 0.150. The number of methoxy groups -OCH3 is 1. The van der Waals surface area contributed by atoms with Crippen LogP contribution in [0.1, 0.15) is 11.1 Å². The van der Waals surface area contributed by atoms with Gasteiger partial charge >= 0.3 is 6.18 Å². The number of rotatable bonds is 5. The fourth-order valence-electron chi connectivity index (χ4n) is 2.71. The second-order valence-corrected chi connectivity index (χ2v) is 8.19. The summed E-state index contributed by atoms with van der Waals surface area (Å²) < 4.78 is 44.4. The molecule has 2 aromatic rings. The lowest BCUT2D eigenvalue weighted by atomic mass is 10.2. The first-order valence-corrected chi connectivity index (χ1v) is 10.3. The molecule has 2 aromatic carbocycles. The van der Waals surface area contributed by atoms with Crippen molar-refractivity contribution >= 4 is 56.5 Å². The second kappa shape index (κ2) is 9.15. The van der Waals surface area contributed by atoms with Gasteiger partial charge in [-0.2, -0.15) is 13.2 Å². The summed E-state index contributed by atoms with van der Waals surface area (Å²) >= 11 is 3.97. The number of ether oxygens (including phenoxy) is 1. The van der Waals surface area contributed by atoms with Crippen molar-refractivity contribution in [2.75, 3.05) is 19.0 Å². The van der Waals surface area contributed by atoms with Gasteiger partial charge in [-0.15, -0.1) is 0 Å². The topological polar surface area (TPSA) is 75.7 Å². The number of nitrogens with one attached hydrogen (secondary N) is 1. The number of nitrogens with zero attached hydrogens (tertiary/aromatic N) is 1. The maximum Gasteiger partial charge on any atom is 0.416 e. The molecule has 3 rings (SSSR count). The predicted octanol–water partition coefficient (Wildman–Crippen LogP) is 5.15. The molecule has 6 nitrogen and oxygen atoms in total. The van der Waals surface area contributed by atoms with Crippen LogP contribution in [0.15, 0.2) is 51.8 Å². The zero-order chi connectivity index (χ0) is 22.8. The summed E-state index contributed by atoms with van der Waals surface area (Å²) in [5.74, 6) is -1.00. The standard InChI is InChI=1S/C20H14BrF3N2O4S/c1-30-15-6-5-13(21)7-11(15)8-16-18(28)26(19(29)31-16)10-17(27)25-14-4-2-3-12(9-14)20(22,23)24/h2-9H,10H2,1H3,(H,25,27)/b16-8-. The van der Waals surface area contributed by atoms with E-state index in [-0.39, 0.29) is 10.6 Å². The van der Waals surface area contributed by atoms with Crippen LogP contribution in [0.2, 0.25) is 0 Å². The summed E-state index contributed by atoms with van der Waals surface area (Å²) in [6, 6.07) is 9.20. The van der Waals surface area contributed by atoms with Crippen LogP contribution in [-0.2, 0) is 15.8 Å². The van der Waals surface area contributed by atoms with E-state index in [0.29, 0.717) is 23.1 Å². The number of hydrogen-bond donors (Lipinski definition) is 1. The normalized spacial score (nSPS) is 15.5. The maximum absolute atomic E-state index is 12.8. The molecule has 11 heteroatoms. The van der Waals surface area contributed by atoms with E-state index in [4.69, 9.17) is 4.74 Å². The van der Waals surface area contributed by atoms with Gasteiger partial charge in [0.25, 0.3) is 11.1 Å². The van der Waals surface area contributed by atoms with Crippen molar-refractivity contribution in [1.29, 1.82) is 0 Å². The molecule has 0 spiro atoms. The Morgan fingerprint density at radius 2 is 1.97 bits per heavy atom. The first-order valence-electron chi connectivity index (χ1n) is 8.64. The number of amides is 3. The summed E-state index contributed by atoms with van der Waals surface area (Å²) in [5.41, 5.74) is -0.473. The summed E-state index contributed by atoms with van der Waals surface area (Å²) in [5, 5.41) is 1.61. The number of benzene rings is 2. The Morgan fingerprint density at radius 3 is 2.65 bits per heavy atom. The quantitative estimate of drug-likeness (QED) is 0.558. The van der Waals surface area contributed by atoms with Crippen LogP contribution in [0.4, 0.5) is 23.7 Å². The third kappa shape index (κ3) is 5.47. The zero-order valence-corrected chi connectivity index (χ0v) is 18.2. The lowest BCUT2D eigenvalue weighted by molar-refractivity contribution is -0.137. The van der Waals surface area contributed by atoms with Crippen molar-refractivity contribution in [3.05, 3.63) is 63.0 Å². The number of anilines is 1. The molecule has 31 heavy (non-hydrogen) atoms. The molecule has 0 atom stereocenters. The number of carbonyl (C=O) groups is 3. The van der Waals surface area contributed by atoms with E-state index in [1.807, 2.05) is 0 Å². The molecule has 162 valence electrons. The van der Waals surface area contributed by atoms with Gasteiger partial charge in [-0.25, -0.2) is 0 Å². The fourth-order valence-corrected chi connectivity index (χ4v) is 3.92. The number of alkyl halides is 3. The van der Waals surface area contributed by atoms with Crippen LogP contribution >= 0.6 is 27.7 Å². The Balaban J connectivity index is 1.73. The van der Waals surface area contributed by atoms with Crippen molar-refractivity contribution < 1.29 is 32.3 Å². The van der Waals surface area contributed by atoms with Crippen molar-refractivity contribution in [3.63, 3.8) is 0 Å². The van der Waals surface area contributed by atoms with E-state index in [1.165, 1.54) is 19.3 Å². The molecule has 3 amide bonds. The Bertz CT molecular complexity index is 1090. The van der Waals surface area contributed by atoms with Crippen molar-refractivity contribution in [2.24, 2.45) is 0 Å². The molecule has 0 radical (unpaired) electrons. The number of imide groups is 1. The largest absolute Gasteiger partial charge is 0.496 e. The van der Waals surface area contributed by atoms with Crippen LogP contribution < -0.4 is 10.1 Å². The number of hydrogen-bond acceptors (Lipinski definition) is 5. The van der Waals surface area contributed by atoms with Crippen molar-refractivity contribution in [2.45, 2.75) is 6.18 Å². The van der Waals surface area contributed by atoms with Gasteiger partial charge in [-0.05, 0) is 54.2 Å². The highest BCUT2D eigenvalue weighted by molar-refractivity contribution is 9.10. The molecule has 0 saturated carbocycles. The van der Waals surface area contributed by atoms with Crippen LogP contribution in [-0.4, -0.2) is 35.6 Å². The van der Waals surface area contributed by atoms with Crippen molar-refractivity contribution in [3.8, 4) is 5.75 Å². The molecule has 1 aliphatic heterocycles. The average molecular weight is 515 g/mol. The number of carbonyl (C=O) groups excluding carboxylic acids is 3. The van der Waals surface area contributed by atoms with Crippen LogP contribution in [0.5, 0.6) is 5.75 Å². The van der Waals surface area contributed by atoms with Gasteiger partial charge in [0.15, 0.2) is 0 Å². The summed E-state index contributed by atoms with van der Waals surface area (Å²) in [7, 11) is 1.46. The zero-order valence-electron chi connectivity index (χ0n) is 15.8. The molecule has 0 aliphatic carbocycles. The van der Waals surface area contributed by atoms with Gasteiger partial charge in [-0.3, -0.25) is 19.3 Å². The average Bonchev–Trinajstić information content (AvgIpc) is 2.95. The Kier molecular flexibility index (Phi) is 6.75. The minimum atomic E-state index is -4.56. The van der Waals surface area contributed by atoms with Gasteiger partial charge in [0.2, 0.25) is 5.91 Å². The highest BCUT2D eigenvalue weighted by Crippen LogP contribution is 2.35. The molecule has 0 aromatic heterocycles. The van der Waals surface area contributed by atoms with Crippen LogP contribution in [0.25, 0.3) is 6.08 Å². The van der Waals surface area contributed by atoms with Gasteiger partial charge in [0.1, 0.15) is 12.3 Å². The first kappa shape index (κ1) is 22.9. The predicted molar refractivity (Wildman–Crippen MR) is 113 cm³/mol. The lowest BCUT2D eigenvalue weighted by Crippen LogP contribution is -2.36. The van der Waals surface area contributed by atoms with E-state index < -0.39 is 35.3 Å². The molecular weight excluding hydrogens is 501 g/mol. The van der Waals surface area contributed by atoms with Crippen LogP contribution in [0.3, 0.4) is 0 Å². The smallest absolute Gasteiger partial charge is 0.416 e. The third-order valence-corrected chi connectivity index (χ3v) is 5.53. The monoisotopic (exact) mass is 514 g/mol. The van der Waals surface area contributed by atoms with Gasteiger partial charge in [0, 0.05) is 15.7 Å². The van der Waals surface area contributed by atoms with E-state index >= 15 is 0 Å². The molecule has 1 fully saturated rings. The Morgan fingerprint density at radius 1 is 1.23 bits per heavy atom. The molecule has 0 unspecified atom stereocenters. The molecular formula is C20H14BrF3N2O4S. The number of halogens is 4.